The molecule has 0 aromatic rings. The van der Waals surface area contributed by atoms with Gasteiger partial charge < -0.3 is 0 Å². The van der Waals surface area contributed by atoms with Crippen molar-refractivity contribution in [1.29, 1.82) is 0 Å². The normalized spacial score (nSPS) is 27.5. The van der Waals surface area contributed by atoms with Crippen molar-refractivity contribution in [3.8, 4) is 0 Å². The van der Waals surface area contributed by atoms with Gasteiger partial charge in [-0.1, -0.05) is 38.5 Å². The second-order valence-corrected chi connectivity index (χ2v) is 5.15. The van der Waals surface area contributed by atoms with Gasteiger partial charge in [0.05, 0.1) is 0 Å². The Hall–Kier alpha value is -0.920. The molecule has 0 fully saturated rings. The zero-order valence-corrected chi connectivity index (χ0v) is 11.6. The number of hydrogen-bond acceptors (Lipinski definition) is 0. The molecule has 0 N–H and O–H groups in total. The number of halogens is 2. The van der Waals surface area contributed by atoms with Gasteiger partial charge in [-0.25, -0.2) is 0 Å². The van der Waals surface area contributed by atoms with Crippen LogP contribution in [0.3, 0.4) is 0 Å². The first-order chi connectivity index (χ1) is 7.73. The van der Waals surface area contributed by atoms with Crippen LogP contribution in [0.1, 0.15) is 41.5 Å². The highest BCUT2D eigenvalue weighted by atomic mass is 19.3. The fourth-order valence-corrected chi connectivity index (χ4v) is 2.46. The molecule has 0 aliphatic heterocycles. The Morgan fingerprint density at radius 2 is 1.88 bits per heavy atom. The summed E-state index contributed by atoms with van der Waals surface area (Å²) >= 11 is 0. The van der Waals surface area contributed by atoms with E-state index in [2.05, 4.69) is 0 Å². The van der Waals surface area contributed by atoms with Gasteiger partial charge in [0.25, 0.3) is 5.92 Å². The summed E-state index contributed by atoms with van der Waals surface area (Å²) in [6.45, 7) is 11.1. The van der Waals surface area contributed by atoms with E-state index in [9.17, 15) is 8.78 Å². The molecule has 0 aromatic heterocycles. The summed E-state index contributed by atoms with van der Waals surface area (Å²) < 4.78 is 28.7. The average molecular weight is 240 g/mol. The molecule has 0 saturated carbocycles. The highest BCUT2D eigenvalue weighted by Gasteiger charge is 2.47. The van der Waals surface area contributed by atoms with E-state index in [1.165, 1.54) is 0 Å². The van der Waals surface area contributed by atoms with Crippen LogP contribution in [0.5, 0.6) is 0 Å². The summed E-state index contributed by atoms with van der Waals surface area (Å²) in [5, 5.41) is 0. The smallest absolute Gasteiger partial charge is 0.197 e. The van der Waals surface area contributed by atoms with Crippen molar-refractivity contribution in [2.75, 3.05) is 0 Å². The molecule has 0 radical (unpaired) electrons. The summed E-state index contributed by atoms with van der Waals surface area (Å²) in [7, 11) is 0. The highest BCUT2D eigenvalue weighted by molar-refractivity contribution is 5.48. The van der Waals surface area contributed by atoms with E-state index in [-0.39, 0.29) is 23.0 Å². The third-order valence-corrected chi connectivity index (χ3v) is 3.64. The van der Waals surface area contributed by atoms with E-state index in [0.29, 0.717) is 0 Å². The number of allylic oxidation sites excluding steroid dienone is 6. The maximum absolute atomic E-state index is 14.4. The number of alkyl halides is 2. The number of hydrogen-bond donors (Lipinski definition) is 0. The Labute approximate surface area is 103 Å². The predicted octanol–water partition coefficient (Wildman–Crippen LogP) is 5.14. The Morgan fingerprint density at radius 1 is 1.35 bits per heavy atom. The molecule has 0 heterocycles. The lowest BCUT2D eigenvalue weighted by molar-refractivity contribution is 0.0746. The van der Waals surface area contributed by atoms with Crippen LogP contribution in [0.4, 0.5) is 8.78 Å². The molecule has 1 aliphatic carbocycles. The Morgan fingerprint density at radius 3 is 2.24 bits per heavy atom. The van der Waals surface area contributed by atoms with Gasteiger partial charge in [-0.2, -0.15) is 8.78 Å². The van der Waals surface area contributed by atoms with E-state index in [0.717, 1.165) is 11.1 Å². The first-order valence-electron chi connectivity index (χ1n) is 6.18. The van der Waals surface area contributed by atoms with Gasteiger partial charge in [-0.15, -0.1) is 0 Å². The molecule has 96 valence electrons. The van der Waals surface area contributed by atoms with Gasteiger partial charge >= 0.3 is 0 Å². The molecule has 0 aromatic carbocycles. The lowest BCUT2D eigenvalue weighted by Gasteiger charge is -2.23. The Balaban J connectivity index is 3.33. The predicted molar refractivity (Wildman–Crippen MR) is 69.2 cm³/mol. The summed E-state index contributed by atoms with van der Waals surface area (Å²) in [5.41, 5.74) is 2.21. The monoisotopic (exact) mass is 240 g/mol. The van der Waals surface area contributed by atoms with E-state index >= 15 is 0 Å². The molecule has 17 heavy (non-hydrogen) atoms. The van der Waals surface area contributed by atoms with E-state index in [4.69, 9.17) is 0 Å². The molecule has 2 heteroatoms. The van der Waals surface area contributed by atoms with Crippen molar-refractivity contribution in [2.45, 2.75) is 47.5 Å². The summed E-state index contributed by atoms with van der Waals surface area (Å²) in [4.78, 5) is 0. The van der Waals surface area contributed by atoms with Gasteiger partial charge in [-0.05, 0) is 32.3 Å². The summed E-state index contributed by atoms with van der Waals surface area (Å²) in [5.74, 6) is -3.05. The van der Waals surface area contributed by atoms with Crippen LogP contribution in [-0.4, -0.2) is 5.92 Å². The lowest BCUT2D eigenvalue weighted by atomic mass is 9.90. The van der Waals surface area contributed by atoms with E-state index in [1.54, 1.807) is 13.0 Å². The van der Waals surface area contributed by atoms with Crippen molar-refractivity contribution in [2.24, 2.45) is 11.8 Å². The quantitative estimate of drug-likeness (QED) is 0.586. The molecule has 1 unspecified atom stereocenters. The molecule has 0 spiro atoms. The molecule has 0 nitrogen and oxygen atoms in total. The van der Waals surface area contributed by atoms with Crippen LogP contribution >= 0.6 is 0 Å². The molecule has 0 saturated heterocycles. The minimum absolute atomic E-state index is 0.108. The summed E-state index contributed by atoms with van der Waals surface area (Å²) in [6.07, 6.45) is 3.62. The topological polar surface area (TPSA) is 0 Å². The van der Waals surface area contributed by atoms with Crippen LogP contribution in [0.15, 0.2) is 34.4 Å². The first kappa shape index (κ1) is 14.1. The second-order valence-electron chi connectivity index (χ2n) is 5.15. The Bertz CT molecular complexity index is 395. The van der Waals surface area contributed by atoms with Crippen molar-refractivity contribution in [3.63, 3.8) is 0 Å². The fourth-order valence-electron chi connectivity index (χ4n) is 2.46. The lowest BCUT2D eigenvalue weighted by Crippen LogP contribution is -2.23. The van der Waals surface area contributed by atoms with Gasteiger partial charge in [-0.3, -0.25) is 0 Å². The number of rotatable bonds is 2. The van der Waals surface area contributed by atoms with Gasteiger partial charge in [0.1, 0.15) is 0 Å². The van der Waals surface area contributed by atoms with E-state index < -0.39 is 5.92 Å². The fraction of sp³-hybridized carbons (Fsp3) is 0.600. The van der Waals surface area contributed by atoms with Crippen LogP contribution in [0.25, 0.3) is 0 Å². The molecule has 0 bridgehead atoms. The van der Waals surface area contributed by atoms with Crippen LogP contribution in [-0.2, 0) is 0 Å². The molecule has 0 amide bonds. The second kappa shape index (κ2) is 4.75. The minimum Gasteiger partial charge on any atom is -0.197 e. The largest absolute Gasteiger partial charge is 0.292 e. The van der Waals surface area contributed by atoms with Crippen molar-refractivity contribution in [1.82, 2.24) is 0 Å². The maximum Gasteiger partial charge on any atom is 0.292 e. The molecule has 1 atom stereocenters. The SMILES string of the molecule is CC=C(C)C(C)=C1C(C)C=C(C(C)C)C1(F)F. The maximum atomic E-state index is 14.4. The van der Waals surface area contributed by atoms with Crippen molar-refractivity contribution in [3.05, 3.63) is 34.4 Å². The van der Waals surface area contributed by atoms with Crippen LogP contribution < -0.4 is 0 Å². The minimum atomic E-state index is -2.78. The standard InChI is InChI=1S/C15H22F2/c1-7-10(4)12(6)14-11(5)8-13(9(2)3)15(14,16)17/h7-9,11H,1-6H3. The molecule has 1 rings (SSSR count). The van der Waals surface area contributed by atoms with Crippen molar-refractivity contribution >= 4 is 0 Å². The first-order valence-corrected chi connectivity index (χ1v) is 6.18. The van der Waals surface area contributed by atoms with Crippen molar-refractivity contribution < 1.29 is 8.78 Å². The average Bonchev–Trinajstić information content (AvgIpc) is 2.46. The van der Waals surface area contributed by atoms with E-state index in [1.807, 2.05) is 40.7 Å². The molecular formula is C15H22F2. The third-order valence-electron chi connectivity index (χ3n) is 3.64. The third kappa shape index (κ3) is 2.36. The van der Waals surface area contributed by atoms with Crippen LogP contribution in [0, 0.1) is 11.8 Å². The van der Waals surface area contributed by atoms with Gasteiger partial charge in [0.15, 0.2) is 0 Å². The zero-order chi connectivity index (χ0) is 13.4. The molecule has 1 aliphatic rings. The highest BCUT2D eigenvalue weighted by Crippen LogP contribution is 2.48. The Kier molecular flexibility index (Phi) is 3.95. The van der Waals surface area contributed by atoms with Gasteiger partial charge in [0.2, 0.25) is 0 Å². The zero-order valence-electron chi connectivity index (χ0n) is 11.6. The van der Waals surface area contributed by atoms with Crippen LogP contribution in [0.2, 0.25) is 0 Å². The molecular weight excluding hydrogens is 218 g/mol. The van der Waals surface area contributed by atoms with Gasteiger partial charge in [0, 0.05) is 17.1 Å². The summed E-state index contributed by atoms with van der Waals surface area (Å²) in [6, 6.07) is 0.